The molecule has 2 heterocycles. The highest BCUT2D eigenvalue weighted by Gasteiger charge is 2.34. The normalized spacial score (nSPS) is 14.5. The van der Waals surface area contributed by atoms with Gasteiger partial charge in [0.2, 0.25) is 0 Å². The molecule has 0 N–H and O–H groups in total. The van der Waals surface area contributed by atoms with Crippen LogP contribution in [0.3, 0.4) is 0 Å². The molecule has 0 saturated heterocycles. The van der Waals surface area contributed by atoms with Crippen LogP contribution < -0.4 is 33.8 Å². The summed E-state index contributed by atoms with van der Waals surface area (Å²) in [5, 5.41) is 0. The highest BCUT2D eigenvalue weighted by atomic mass is 127. The molecular formula is C35H35IN2O7S. The number of carbonyl (C=O) groups is 1. The second-order valence-corrected chi connectivity index (χ2v) is 12.9. The molecule has 4 aromatic rings. The highest BCUT2D eigenvalue weighted by Crippen LogP contribution is 2.37. The molecule has 11 heteroatoms. The third-order valence-corrected chi connectivity index (χ3v) is 8.94. The van der Waals surface area contributed by atoms with E-state index in [0.717, 1.165) is 14.7 Å². The Labute approximate surface area is 284 Å². The Bertz CT molecular complexity index is 1960. The fourth-order valence-electron chi connectivity index (χ4n) is 5.16. The van der Waals surface area contributed by atoms with E-state index in [1.807, 2.05) is 62.4 Å². The van der Waals surface area contributed by atoms with Gasteiger partial charge in [0.1, 0.15) is 6.61 Å². The molecule has 0 fully saturated rings. The van der Waals surface area contributed by atoms with Crippen LogP contribution in [0.1, 0.15) is 50.4 Å². The predicted octanol–water partition coefficient (Wildman–Crippen LogP) is 5.79. The van der Waals surface area contributed by atoms with E-state index in [1.165, 1.54) is 11.3 Å². The van der Waals surface area contributed by atoms with E-state index in [9.17, 15) is 9.59 Å². The van der Waals surface area contributed by atoms with Crippen molar-refractivity contribution in [3.05, 3.63) is 112 Å². The molecular weight excluding hydrogens is 719 g/mol. The molecule has 0 spiro atoms. The van der Waals surface area contributed by atoms with Crippen LogP contribution in [0.25, 0.3) is 6.08 Å². The van der Waals surface area contributed by atoms with Crippen LogP contribution in [0.4, 0.5) is 0 Å². The van der Waals surface area contributed by atoms with Crippen molar-refractivity contribution in [2.24, 2.45) is 4.99 Å². The zero-order valence-corrected chi connectivity index (χ0v) is 29.4. The van der Waals surface area contributed by atoms with E-state index in [2.05, 4.69) is 27.6 Å². The van der Waals surface area contributed by atoms with Gasteiger partial charge in [-0.3, -0.25) is 9.36 Å². The first kappa shape index (κ1) is 33.3. The number of benzene rings is 3. The molecule has 9 nitrogen and oxygen atoms in total. The number of aromatic nitrogens is 1. The summed E-state index contributed by atoms with van der Waals surface area (Å²) >= 11 is 3.46. The zero-order valence-electron chi connectivity index (χ0n) is 26.5. The maximum atomic E-state index is 14.2. The minimum Gasteiger partial charge on any atom is -0.493 e. The summed E-state index contributed by atoms with van der Waals surface area (Å²) in [5.41, 5.74) is 2.94. The maximum Gasteiger partial charge on any atom is 0.338 e. The second-order valence-electron chi connectivity index (χ2n) is 10.7. The molecule has 1 atom stereocenters. The fourth-order valence-corrected chi connectivity index (χ4v) is 6.98. The van der Waals surface area contributed by atoms with Crippen LogP contribution in [-0.2, 0) is 16.1 Å². The average Bonchev–Trinajstić information content (AvgIpc) is 3.33. The van der Waals surface area contributed by atoms with Gasteiger partial charge in [0, 0.05) is 0 Å². The standard InChI is InChI=1S/C35H35IN2O7S/c1-7-43-34(40)30-21(4)37-35-38(31(30)24-13-14-26(45-20(2)3)27(18-24)41-5)33(39)29(46-35)17-23-15-25(36)32(28(16-23)42-6)44-19-22-11-9-8-10-12-22/h8-18,20,31H,7,19H2,1-6H3/b29-17-/t31-/m1/s1. The van der Waals surface area contributed by atoms with Gasteiger partial charge < -0.3 is 23.7 Å². The quantitative estimate of drug-likeness (QED) is 0.141. The van der Waals surface area contributed by atoms with E-state index in [-0.39, 0.29) is 23.8 Å². The van der Waals surface area contributed by atoms with Crippen LogP contribution in [0.2, 0.25) is 0 Å². The van der Waals surface area contributed by atoms with Gasteiger partial charge in [-0.05, 0) is 97.3 Å². The van der Waals surface area contributed by atoms with Crippen molar-refractivity contribution in [1.29, 1.82) is 0 Å². The van der Waals surface area contributed by atoms with Crippen molar-refractivity contribution in [1.82, 2.24) is 4.57 Å². The summed E-state index contributed by atoms with van der Waals surface area (Å²) in [6.45, 7) is 7.93. The van der Waals surface area contributed by atoms with Crippen LogP contribution in [-0.4, -0.2) is 37.5 Å². The van der Waals surface area contributed by atoms with Crippen LogP contribution in [0.5, 0.6) is 23.0 Å². The number of nitrogens with zero attached hydrogens (tertiary/aromatic N) is 2. The van der Waals surface area contributed by atoms with Crippen LogP contribution in [0, 0.1) is 3.57 Å². The highest BCUT2D eigenvalue weighted by molar-refractivity contribution is 14.1. The van der Waals surface area contributed by atoms with Crippen molar-refractivity contribution < 1.29 is 28.5 Å². The molecule has 1 aromatic heterocycles. The van der Waals surface area contributed by atoms with Crippen molar-refractivity contribution >= 4 is 46.0 Å². The predicted molar refractivity (Wildman–Crippen MR) is 186 cm³/mol. The lowest BCUT2D eigenvalue weighted by atomic mass is 9.95. The molecule has 240 valence electrons. The average molecular weight is 755 g/mol. The SMILES string of the molecule is CCOC(=O)C1=C(C)N=c2s/c(=C\c3cc(I)c(OCc4ccccc4)c(OC)c3)c(=O)n2[C@@H]1c1ccc(OC(C)C)c(OC)c1. The summed E-state index contributed by atoms with van der Waals surface area (Å²) in [6, 6.07) is 18.3. The van der Waals surface area contributed by atoms with Crippen molar-refractivity contribution in [2.45, 2.75) is 46.4 Å². The molecule has 3 aromatic carbocycles. The Kier molecular flexibility index (Phi) is 10.5. The number of thiazole rings is 1. The Morgan fingerprint density at radius 1 is 1.04 bits per heavy atom. The first-order valence-corrected chi connectivity index (χ1v) is 16.6. The summed E-state index contributed by atoms with van der Waals surface area (Å²) in [6.07, 6.45) is 1.73. The van der Waals surface area contributed by atoms with Gasteiger partial charge in [0.15, 0.2) is 27.8 Å². The lowest BCUT2D eigenvalue weighted by Gasteiger charge is -2.25. The number of rotatable bonds is 11. The Balaban J connectivity index is 1.61. The summed E-state index contributed by atoms with van der Waals surface area (Å²) in [5.74, 6) is 1.69. The van der Waals surface area contributed by atoms with E-state index < -0.39 is 12.0 Å². The first-order chi connectivity index (χ1) is 22.1. The monoisotopic (exact) mass is 754 g/mol. The molecule has 0 unspecified atom stereocenters. The van der Waals surface area contributed by atoms with E-state index in [0.29, 0.717) is 50.2 Å². The Hall–Kier alpha value is -4.10. The number of ether oxygens (including phenoxy) is 5. The fraction of sp³-hybridized carbons (Fsp3) is 0.286. The number of allylic oxidation sites excluding steroid dienone is 1. The topological polar surface area (TPSA) is 97.6 Å². The molecule has 0 radical (unpaired) electrons. The third-order valence-electron chi connectivity index (χ3n) is 7.16. The zero-order chi connectivity index (χ0) is 33.0. The van der Waals surface area contributed by atoms with Crippen molar-refractivity contribution in [2.75, 3.05) is 20.8 Å². The Morgan fingerprint density at radius 2 is 1.78 bits per heavy atom. The molecule has 0 amide bonds. The van der Waals surface area contributed by atoms with Crippen molar-refractivity contribution in [3.63, 3.8) is 0 Å². The number of esters is 1. The lowest BCUT2D eigenvalue weighted by molar-refractivity contribution is -0.139. The van der Waals surface area contributed by atoms with Gasteiger partial charge in [-0.15, -0.1) is 0 Å². The number of halogens is 1. The van der Waals surface area contributed by atoms with Gasteiger partial charge in [-0.1, -0.05) is 47.7 Å². The number of methoxy groups -OCH3 is 2. The largest absolute Gasteiger partial charge is 0.493 e. The van der Waals surface area contributed by atoms with Crippen LogP contribution >= 0.6 is 33.9 Å². The molecule has 1 aliphatic rings. The van der Waals surface area contributed by atoms with Crippen molar-refractivity contribution in [3.8, 4) is 23.0 Å². The molecule has 46 heavy (non-hydrogen) atoms. The molecule has 0 aliphatic carbocycles. The number of hydrogen-bond acceptors (Lipinski definition) is 9. The van der Waals surface area contributed by atoms with Gasteiger partial charge >= 0.3 is 5.97 Å². The molecule has 5 rings (SSSR count). The third kappa shape index (κ3) is 7.00. The first-order valence-electron chi connectivity index (χ1n) is 14.7. The Morgan fingerprint density at radius 3 is 2.46 bits per heavy atom. The molecule has 0 bridgehead atoms. The van der Waals surface area contributed by atoms with Gasteiger partial charge in [0.25, 0.3) is 5.56 Å². The smallest absolute Gasteiger partial charge is 0.338 e. The summed E-state index contributed by atoms with van der Waals surface area (Å²) in [4.78, 5) is 32.6. The minimum absolute atomic E-state index is 0.0687. The van der Waals surface area contributed by atoms with Gasteiger partial charge in [0.05, 0.1) is 52.3 Å². The van der Waals surface area contributed by atoms with Gasteiger partial charge in [-0.25, -0.2) is 9.79 Å². The summed E-state index contributed by atoms with van der Waals surface area (Å²) < 4.78 is 31.6. The number of carbonyl (C=O) groups excluding carboxylic acids is 1. The maximum absolute atomic E-state index is 14.2. The molecule has 0 saturated carbocycles. The second kappa shape index (κ2) is 14.5. The van der Waals surface area contributed by atoms with Crippen LogP contribution in [0.15, 0.2) is 81.7 Å². The van der Waals surface area contributed by atoms with E-state index in [4.69, 9.17) is 23.7 Å². The van der Waals surface area contributed by atoms with Gasteiger partial charge in [-0.2, -0.15) is 0 Å². The number of hydrogen-bond donors (Lipinski definition) is 0. The number of fused-ring (bicyclic) bond motifs is 1. The molecule has 1 aliphatic heterocycles. The van der Waals surface area contributed by atoms with E-state index in [1.54, 1.807) is 50.8 Å². The minimum atomic E-state index is -0.789. The van der Waals surface area contributed by atoms with E-state index >= 15 is 0 Å². The lowest BCUT2D eigenvalue weighted by Crippen LogP contribution is -2.40. The summed E-state index contributed by atoms with van der Waals surface area (Å²) in [7, 11) is 3.14.